The van der Waals surface area contributed by atoms with E-state index in [0.29, 0.717) is 17.0 Å². The number of allylic oxidation sites excluding steroid dienone is 4. The number of nitrogens with zero attached hydrogens (tertiary/aromatic N) is 1. The fourth-order valence-electron chi connectivity index (χ4n) is 5.34. The summed E-state index contributed by atoms with van der Waals surface area (Å²) in [5, 5.41) is 9.80. The number of carboxylic acid groups (broad SMARTS) is 1. The molecular weight excluding hydrogens is 513 g/mol. The van der Waals surface area contributed by atoms with Crippen molar-refractivity contribution < 1.29 is 22.7 Å². The van der Waals surface area contributed by atoms with Crippen molar-refractivity contribution in [2.45, 2.75) is 42.0 Å². The maximum absolute atomic E-state index is 14.6. The van der Waals surface area contributed by atoms with Crippen molar-refractivity contribution in [2.75, 3.05) is 0 Å². The van der Waals surface area contributed by atoms with Gasteiger partial charge in [-0.1, -0.05) is 78.9 Å². The van der Waals surface area contributed by atoms with E-state index >= 15 is 0 Å². The monoisotopic (exact) mass is 541 g/mol. The van der Waals surface area contributed by atoms with E-state index in [1.165, 1.54) is 6.08 Å². The van der Waals surface area contributed by atoms with E-state index in [-0.39, 0.29) is 40.9 Å². The zero-order valence-corrected chi connectivity index (χ0v) is 22.2. The molecule has 0 saturated heterocycles. The van der Waals surface area contributed by atoms with Crippen LogP contribution in [0.3, 0.4) is 0 Å². The van der Waals surface area contributed by atoms with Crippen LogP contribution < -0.4 is 0 Å². The second-order valence-electron chi connectivity index (χ2n) is 9.58. The predicted molar refractivity (Wildman–Crippen MR) is 149 cm³/mol. The third-order valence-electron chi connectivity index (χ3n) is 7.12. The molecule has 3 aromatic carbocycles. The molecular formula is C32H28FNO4S. The molecule has 0 spiro atoms. The molecule has 1 atom stereocenters. The summed E-state index contributed by atoms with van der Waals surface area (Å²) in [7, 11) is -3.81. The Labute approximate surface area is 227 Å². The van der Waals surface area contributed by atoms with Gasteiger partial charge in [-0.05, 0) is 53.5 Å². The smallest absolute Gasteiger partial charge is 0.323 e. The van der Waals surface area contributed by atoms with Gasteiger partial charge in [0.2, 0.25) is 9.84 Å². The van der Waals surface area contributed by atoms with Gasteiger partial charge in [0.05, 0.1) is 15.5 Å². The molecule has 0 aliphatic heterocycles. The largest absolute Gasteiger partial charge is 0.480 e. The summed E-state index contributed by atoms with van der Waals surface area (Å²) in [6.45, 7) is 1.57. The Bertz CT molecular complexity index is 1690. The minimum atomic E-state index is -3.81. The van der Waals surface area contributed by atoms with Crippen molar-refractivity contribution in [3.05, 3.63) is 131 Å². The molecule has 198 valence electrons. The van der Waals surface area contributed by atoms with Gasteiger partial charge >= 0.3 is 5.97 Å². The highest BCUT2D eigenvalue weighted by Gasteiger charge is 2.30. The summed E-state index contributed by atoms with van der Waals surface area (Å²) in [6, 6.07) is 24.6. The Hall–Kier alpha value is -4.23. The van der Waals surface area contributed by atoms with Gasteiger partial charge in [-0.2, -0.15) is 0 Å². The SMILES string of the molecule is Cc1c(Cc2ccccc2S(=O)(=O)c2ccccc2)c(C2C=CC=C(F)C2)c(-c2ccccc2)n1CC(=O)O. The lowest BCUT2D eigenvalue weighted by atomic mass is 9.85. The quantitative estimate of drug-likeness (QED) is 0.264. The second kappa shape index (κ2) is 10.9. The zero-order valence-electron chi connectivity index (χ0n) is 21.4. The zero-order chi connectivity index (χ0) is 27.6. The first-order valence-corrected chi connectivity index (χ1v) is 14.2. The summed E-state index contributed by atoms with van der Waals surface area (Å²) < 4.78 is 43.6. The third kappa shape index (κ3) is 5.22. The fourth-order valence-corrected chi connectivity index (χ4v) is 6.86. The van der Waals surface area contributed by atoms with Gasteiger partial charge in [0.1, 0.15) is 12.4 Å². The van der Waals surface area contributed by atoms with Crippen LogP contribution in [0.4, 0.5) is 4.39 Å². The molecule has 0 bridgehead atoms. The molecule has 1 aromatic heterocycles. The second-order valence-corrected chi connectivity index (χ2v) is 11.5. The Morgan fingerprint density at radius 2 is 1.62 bits per heavy atom. The highest BCUT2D eigenvalue weighted by molar-refractivity contribution is 7.91. The molecule has 5 nitrogen and oxygen atoms in total. The van der Waals surface area contributed by atoms with Gasteiger partial charge in [-0.25, -0.2) is 12.8 Å². The van der Waals surface area contributed by atoms with E-state index in [0.717, 1.165) is 16.7 Å². The van der Waals surface area contributed by atoms with Crippen LogP contribution in [0.2, 0.25) is 0 Å². The van der Waals surface area contributed by atoms with Gasteiger partial charge in [-0.3, -0.25) is 4.79 Å². The van der Waals surface area contributed by atoms with Crippen LogP contribution >= 0.6 is 0 Å². The van der Waals surface area contributed by atoms with Crippen LogP contribution in [-0.4, -0.2) is 24.1 Å². The Morgan fingerprint density at radius 3 is 2.28 bits per heavy atom. The minimum Gasteiger partial charge on any atom is -0.480 e. The molecule has 1 N–H and O–H groups in total. The highest BCUT2D eigenvalue weighted by atomic mass is 32.2. The van der Waals surface area contributed by atoms with E-state index < -0.39 is 15.8 Å². The van der Waals surface area contributed by atoms with Crippen LogP contribution in [0.1, 0.15) is 34.7 Å². The standard InChI is InChI=1S/C32H28FNO4S/c1-22-28(20-24-13-8-9-18-29(24)39(37,38)27-16-6-3-7-17-27)31(25-14-10-15-26(33)19-25)32(34(22)21-30(35)36)23-11-4-2-5-12-23/h2-18,25H,19-21H2,1H3,(H,35,36). The molecule has 1 aliphatic rings. The van der Waals surface area contributed by atoms with Crippen LogP contribution in [-0.2, 0) is 27.6 Å². The van der Waals surface area contributed by atoms with E-state index in [4.69, 9.17) is 0 Å². The molecule has 1 aliphatic carbocycles. The van der Waals surface area contributed by atoms with Crippen LogP contribution in [0.5, 0.6) is 0 Å². The van der Waals surface area contributed by atoms with E-state index in [1.807, 2.05) is 43.3 Å². The molecule has 0 radical (unpaired) electrons. The van der Waals surface area contributed by atoms with Gasteiger partial charge in [-0.15, -0.1) is 0 Å². The lowest BCUT2D eigenvalue weighted by Gasteiger charge is -2.20. The van der Waals surface area contributed by atoms with E-state index in [1.54, 1.807) is 65.2 Å². The first-order valence-electron chi connectivity index (χ1n) is 12.7. The molecule has 5 rings (SSSR count). The number of benzene rings is 3. The lowest BCUT2D eigenvalue weighted by molar-refractivity contribution is -0.137. The van der Waals surface area contributed by atoms with Crippen molar-refractivity contribution in [3.8, 4) is 11.3 Å². The normalized spacial score (nSPS) is 15.2. The number of hydrogen-bond acceptors (Lipinski definition) is 3. The summed E-state index contributed by atoms with van der Waals surface area (Å²) in [6.07, 6.45) is 5.42. The number of hydrogen-bond donors (Lipinski definition) is 1. The number of carbonyl (C=O) groups is 1. The van der Waals surface area contributed by atoms with Gasteiger partial charge < -0.3 is 9.67 Å². The minimum absolute atomic E-state index is 0.143. The first kappa shape index (κ1) is 26.4. The molecule has 4 aromatic rings. The summed E-state index contributed by atoms with van der Waals surface area (Å²) in [5.41, 5.74) is 4.44. The highest BCUT2D eigenvalue weighted by Crippen LogP contribution is 2.42. The van der Waals surface area contributed by atoms with Crippen molar-refractivity contribution in [1.29, 1.82) is 0 Å². The maximum atomic E-state index is 14.6. The topological polar surface area (TPSA) is 76.4 Å². The van der Waals surface area contributed by atoms with Gasteiger partial charge in [0, 0.05) is 24.5 Å². The summed E-state index contributed by atoms with van der Waals surface area (Å²) in [4.78, 5) is 12.4. The number of carboxylic acids is 1. The Kier molecular flexibility index (Phi) is 7.35. The average molecular weight is 542 g/mol. The van der Waals surface area contributed by atoms with Crippen LogP contribution in [0, 0.1) is 6.92 Å². The van der Waals surface area contributed by atoms with Crippen molar-refractivity contribution >= 4 is 15.8 Å². The molecule has 0 amide bonds. The Balaban J connectivity index is 1.74. The molecule has 7 heteroatoms. The number of aromatic nitrogens is 1. The van der Waals surface area contributed by atoms with Crippen molar-refractivity contribution in [3.63, 3.8) is 0 Å². The number of sulfone groups is 1. The molecule has 0 fully saturated rings. The number of aliphatic carboxylic acids is 1. The van der Waals surface area contributed by atoms with Gasteiger partial charge in [0.15, 0.2) is 0 Å². The molecule has 39 heavy (non-hydrogen) atoms. The average Bonchev–Trinajstić information content (AvgIpc) is 3.20. The summed E-state index contributed by atoms with van der Waals surface area (Å²) >= 11 is 0. The van der Waals surface area contributed by atoms with Crippen molar-refractivity contribution in [1.82, 2.24) is 4.57 Å². The molecule has 1 unspecified atom stereocenters. The van der Waals surface area contributed by atoms with E-state index in [2.05, 4.69) is 0 Å². The number of rotatable bonds is 8. The molecule has 0 saturated carbocycles. The fraction of sp³-hybridized carbons (Fsp3) is 0.156. The van der Waals surface area contributed by atoms with Gasteiger partial charge in [0.25, 0.3) is 0 Å². The summed E-state index contributed by atoms with van der Waals surface area (Å²) in [5.74, 6) is -1.60. The van der Waals surface area contributed by atoms with Crippen LogP contribution in [0.15, 0.2) is 119 Å². The first-order chi connectivity index (χ1) is 18.8. The number of halogens is 1. The molecule has 1 heterocycles. The predicted octanol–water partition coefficient (Wildman–Crippen LogP) is 6.87. The Morgan fingerprint density at radius 1 is 0.974 bits per heavy atom. The lowest BCUT2D eigenvalue weighted by Crippen LogP contribution is -2.12. The van der Waals surface area contributed by atoms with Crippen molar-refractivity contribution in [2.24, 2.45) is 0 Å². The van der Waals surface area contributed by atoms with E-state index in [9.17, 15) is 22.7 Å². The third-order valence-corrected chi connectivity index (χ3v) is 8.99. The maximum Gasteiger partial charge on any atom is 0.323 e. The van der Waals surface area contributed by atoms with Crippen LogP contribution in [0.25, 0.3) is 11.3 Å².